The second-order valence-corrected chi connectivity index (χ2v) is 9.09. The predicted molar refractivity (Wildman–Crippen MR) is 138 cm³/mol. The van der Waals surface area contributed by atoms with Crippen LogP contribution in [0.4, 0.5) is 10.5 Å². The van der Waals surface area contributed by atoms with Crippen molar-refractivity contribution in [2.24, 2.45) is 0 Å². The van der Waals surface area contributed by atoms with Crippen LogP contribution in [-0.2, 0) is 16.0 Å². The van der Waals surface area contributed by atoms with Crippen molar-refractivity contribution < 1.29 is 23.9 Å². The third-order valence-corrected chi connectivity index (χ3v) is 7.12. The lowest BCUT2D eigenvalue weighted by Crippen LogP contribution is -2.44. The fourth-order valence-corrected chi connectivity index (χ4v) is 5.41. The van der Waals surface area contributed by atoms with Crippen LogP contribution in [0.25, 0.3) is 10.9 Å². The number of nitrogens with one attached hydrogen (secondary N) is 1. The zero-order valence-electron chi connectivity index (χ0n) is 20.4. The van der Waals surface area contributed by atoms with E-state index in [2.05, 4.69) is 4.98 Å². The van der Waals surface area contributed by atoms with E-state index >= 15 is 0 Å². The number of rotatable bonds is 5. The maximum absolute atomic E-state index is 13.9. The van der Waals surface area contributed by atoms with E-state index in [4.69, 9.17) is 9.47 Å². The molecule has 3 aromatic carbocycles. The molecule has 186 valence electrons. The Bertz CT molecular complexity index is 1520. The maximum Gasteiger partial charge on any atom is 0.338 e. The van der Waals surface area contributed by atoms with Crippen LogP contribution < -0.4 is 9.64 Å². The van der Waals surface area contributed by atoms with Crippen LogP contribution in [0.5, 0.6) is 5.75 Å². The van der Waals surface area contributed by atoms with Gasteiger partial charge in [0.05, 0.1) is 25.0 Å². The lowest BCUT2D eigenvalue weighted by Gasteiger charge is -2.36. The van der Waals surface area contributed by atoms with Crippen molar-refractivity contribution in [2.45, 2.75) is 25.4 Å². The highest BCUT2D eigenvalue weighted by atomic mass is 16.5. The molecule has 2 atom stereocenters. The van der Waals surface area contributed by atoms with Crippen LogP contribution in [0.3, 0.4) is 0 Å². The molecule has 6 rings (SSSR count). The number of aromatic amines is 1. The lowest BCUT2D eigenvalue weighted by atomic mass is 9.89. The maximum atomic E-state index is 13.9. The van der Waals surface area contributed by atoms with Gasteiger partial charge in [0.15, 0.2) is 0 Å². The molecule has 0 saturated carbocycles. The van der Waals surface area contributed by atoms with Crippen molar-refractivity contribution in [3.05, 3.63) is 95.2 Å². The SMILES string of the molecule is CCOC(=O)c1ccc(N2C(=O)C3Cc4c([nH]c5ccccc45)C(c4ccc(OC)cc4)N3C2=O)cc1. The quantitative estimate of drug-likeness (QED) is 0.316. The van der Waals surface area contributed by atoms with Crippen molar-refractivity contribution in [1.29, 1.82) is 0 Å². The largest absolute Gasteiger partial charge is 0.497 e. The number of H-pyrrole nitrogens is 1. The first kappa shape index (κ1) is 22.8. The fraction of sp³-hybridized carbons (Fsp3) is 0.207. The summed E-state index contributed by atoms with van der Waals surface area (Å²) in [4.78, 5) is 46.1. The number of methoxy groups -OCH3 is 1. The normalized spacial score (nSPS) is 18.6. The van der Waals surface area contributed by atoms with Crippen LogP contribution in [0.2, 0.25) is 0 Å². The molecule has 3 heterocycles. The van der Waals surface area contributed by atoms with Gasteiger partial charge in [-0.1, -0.05) is 30.3 Å². The molecule has 0 bridgehead atoms. The molecule has 8 nitrogen and oxygen atoms in total. The highest BCUT2D eigenvalue weighted by molar-refractivity contribution is 6.22. The zero-order valence-corrected chi connectivity index (χ0v) is 20.4. The summed E-state index contributed by atoms with van der Waals surface area (Å²) in [6.07, 6.45) is 0.411. The molecule has 2 aliphatic rings. The molecule has 8 heteroatoms. The zero-order chi connectivity index (χ0) is 25.7. The number of fused-ring (bicyclic) bond motifs is 4. The van der Waals surface area contributed by atoms with E-state index in [1.807, 2.05) is 48.5 Å². The summed E-state index contributed by atoms with van der Waals surface area (Å²) in [5.41, 5.74) is 4.57. The summed E-state index contributed by atoms with van der Waals surface area (Å²) in [5, 5.41) is 1.05. The van der Waals surface area contributed by atoms with Crippen molar-refractivity contribution >= 4 is 34.5 Å². The van der Waals surface area contributed by atoms with Gasteiger partial charge in [0.25, 0.3) is 5.91 Å². The average molecular weight is 496 g/mol. The number of nitrogens with zero attached hydrogens (tertiary/aromatic N) is 2. The second kappa shape index (κ2) is 8.81. The molecule has 1 N–H and O–H groups in total. The van der Waals surface area contributed by atoms with Gasteiger partial charge in [-0.2, -0.15) is 0 Å². The molecule has 0 radical (unpaired) electrons. The Balaban J connectivity index is 1.44. The van der Waals surface area contributed by atoms with Crippen molar-refractivity contribution in [1.82, 2.24) is 9.88 Å². The minimum Gasteiger partial charge on any atom is -0.497 e. The van der Waals surface area contributed by atoms with Gasteiger partial charge in [-0.3, -0.25) is 9.69 Å². The van der Waals surface area contributed by atoms with Gasteiger partial charge in [0.2, 0.25) is 0 Å². The average Bonchev–Trinajstić information content (AvgIpc) is 3.42. The summed E-state index contributed by atoms with van der Waals surface area (Å²) in [6.45, 7) is 2.00. The molecule has 4 aromatic rings. The van der Waals surface area contributed by atoms with Crippen LogP contribution in [-0.4, -0.2) is 47.6 Å². The number of urea groups is 1. The highest BCUT2D eigenvalue weighted by Crippen LogP contribution is 2.45. The molecule has 0 aliphatic carbocycles. The molecule has 2 unspecified atom stereocenters. The van der Waals surface area contributed by atoms with E-state index in [1.54, 1.807) is 43.2 Å². The second-order valence-electron chi connectivity index (χ2n) is 9.09. The minimum absolute atomic E-state index is 0.266. The van der Waals surface area contributed by atoms with Crippen molar-refractivity contribution in [3.8, 4) is 5.75 Å². The summed E-state index contributed by atoms with van der Waals surface area (Å²) in [7, 11) is 1.61. The number of imide groups is 1. The Labute approximate surface area is 213 Å². The summed E-state index contributed by atoms with van der Waals surface area (Å²) < 4.78 is 10.4. The summed E-state index contributed by atoms with van der Waals surface area (Å²) in [5.74, 6) is -0.0288. The van der Waals surface area contributed by atoms with Crippen LogP contribution in [0.15, 0.2) is 72.8 Å². The van der Waals surface area contributed by atoms with Gasteiger partial charge >= 0.3 is 12.0 Å². The molecular weight excluding hydrogens is 470 g/mol. The Morgan fingerprint density at radius 3 is 2.43 bits per heavy atom. The number of aromatic nitrogens is 1. The molecule has 2 aliphatic heterocycles. The Hall–Kier alpha value is -4.59. The van der Waals surface area contributed by atoms with E-state index in [-0.39, 0.29) is 12.5 Å². The predicted octanol–water partition coefficient (Wildman–Crippen LogP) is 4.84. The Morgan fingerprint density at radius 1 is 1.00 bits per heavy atom. The van der Waals surface area contributed by atoms with E-state index in [0.29, 0.717) is 23.4 Å². The third kappa shape index (κ3) is 3.56. The van der Waals surface area contributed by atoms with Gasteiger partial charge < -0.3 is 14.5 Å². The van der Waals surface area contributed by atoms with Gasteiger partial charge in [-0.25, -0.2) is 14.5 Å². The van der Waals surface area contributed by atoms with Gasteiger partial charge in [0, 0.05) is 23.0 Å². The molecular formula is C29H25N3O5. The molecule has 1 fully saturated rings. The molecule has 37 heavy (non-hydrogen) atoms. The van der Waals surface area contributed by atoms with Gasteiger partial charge in [-0.05, 0) is 60.5 Å². The number of benzene rings is 3. The van der Waals surface area contributed by atoms with E-state index < -0.39 is 24.1 Å². The lowest BCUT2D eigenvalue weighted by molar-refractivity contribution is -0.120. The first-order valence-corrected chi connectivity index (χ1v) is 12.2. The topological polar surface area (TPSA) is 91.9 Å². The van der Waals surface area contributed by atoms with Crippen LogP contribution in [0, 0.1) is 0 Å². The number of hydrogen-bond donors (Lipinski definition) is 1. The fourth-order valence-electron chi connectivity index (χ4n) is 5.41. The number of carbonyl (C=O) groups excluding carboxylic acids is 3. The smallest absolute Gasteiger partial charge is 0.338 e. The number of ether oxygens (including phenoxy) is 2. The number of carbonyl (C=O) groups is 3. The van der Waals surface area contributed by atoms with Gasteiger partial charge in [0.1, 0.15) is 17.8 Å². The summed E-state index contributed by atoms with van der Waals surface area (Å²) in [6, 6.07) is 20.4. The molecule has 0 spiro atoms. The van der Waals surface area contributed by atoms with Crippen LogP contribution in [0.1, 0.15) is 40.1 Å². The highest BCUT2D eigenvalue weighted by Gasteiger charge is 2.53. The monoisotopic (exact) mass is 495 g/mol. The number of hydrogen-bond acceptors (Lipinski definition) is 5. The van der Waals surface area contributed by atoms with Gasteiger partial charge in [-0.15, -0.1) is 0 Å². The first-order valence-electron chi connectivity index (χ1n) is 12.2. The van der Waals surface area contributed by atoms with E-state index in [1.165, 1.54) is 4.90 Å². The van der Waals surface area contributed by atoms with Crippen molar-refractivity contribution in [2.75, 3.05) is 18.6 Å². The Kier molecular flexibility index (Phi) is 5.44. The van der Waals surface area contributed by atoms with E-state index in [9.17, 15) is 14.4 Å². The Morgan fingerprint density at radius 2 is 1.73 bits per heavy atom. The summed E-state index contributed by atoms with van der Waals surface area (Å²) >= 11 is 0. The molecule has 1 saturated heterocycles. The molecule has 3 amide bonds. The standard InChI is InChI=1S/C29H25N3O5/c1-3-37-28(34)18-8-12-19(13-9-18)31-27(33)24-16-22-21-6-4-5-7-23(21)30-25(22)26(32(24)29(31)35)17-10-14-20(36-2)15-11-17/h4-15,24,26,30H,3,16H2,1-2H3. The number of para-hydroxylation sites is 1. The number of amides is 3. The van der Waals surface area contributed by atoms with E-state index in [0.717, 1.165) is 27.7 Å². The third-order valence-electron chi connectivity index (χ3n) is 7.12. The number of esters is 1. The first-order chi connectivity index (χ1) is 18.0. The number of anilines is 1. The molecule has 1 aromatic heterocycles. The van der Waals surface area contributed by atoms with Crippen LogP contribution >= 0.6 is 0 Å². The minimum atomic E-state index is -0.656. The van der Waals surface area contributed by atoms with Crippen molar-refractivity contribution in [3.63, 3.8) is 0 Å².